The number of carbonyl (C=O) groups is 1. The van der Waals surface area contributed by atoms with Crippen molar-refractivity contribution in [3.8, 4) is 0 Å². The summed E-state index contributed by atoms with van der Waals surface area (Å²) in [5.74, 6) is -1.24. The van der Waals surface area contributed by atoms with E-state index in [-0.39, 0.29) is 12.8 Å². The van der Waals surface area contributed by atoms with Crippen molar-refractivity contribution in [3.63, 3.8) is 0 Å². The summed E-state index contributed by atoms with van der Waals surface area (Å²) in [6, 6.07) is 0. The van der Waals surface area contributed by atoms with Crippen LogP contribution in [0.1, 0.15) is 6.92 Å². The van der Waals surface area contributed by atoms with Crippen LogP contribution >= 0.6 is 0 Å². The van der Waals surface area contributed by atoms with Gasteiger partial charge in [-0.25, -0.2) is 0 Å². The molecule has 0 spiro atoms. The van der Waals surface area contributed by atoms with Crippen molar-refractivity contribution in [1.29, 1.82) is 0 Å². The summed E-state index contributed by atoms with van der Waals surface area (Å²) in [6.45, 7) is 0.914. The van der Waals surface area contributed by atoms with Crippen molar-refractivity contribution in [2.24, 2.45) is 11.7 Å². The van der Waals surface area contributed by atoms with E-state index in [1.807, 2.05) is 0 Å². The lowest BCUT2D eigenvalue weighted by atomic mass is 10.0. The Morgan fingerprint density at radius 1 is 1.58 bits per heavy atom. The fourth-order valence-electron chi connectivity index (χ4n) is 0.844. The number of hydrogen-bond acceptors (Lipinski definition) is 2. The van der Waals surface area contributed by atoms with Gasteiger partial charge in [0.1, 0.15) is 6.29 Å². The molecule has 0 bridgehead atoms. The highest BCUT2D eigenvalue weighted by Gasteiger charge is 2.37. The Balaban J connectivity index is 4.67. The maximum atomic E-state index is 12.1. The number of rotatable bonds is 3. The first-order valence-corrected chi connectivity index (χ1v) is 3.36. The lowest BCUT2D eigenvalue weighted by Crippen LogP contribution is -2.26. The Labute approximate surface area is 68.2 Å². The van der Waals surface area contributed by atoms with E-state index in [0.29, 0.717) is 0 Å². The van der Waals surface area contributed by atoms with Gasteiger partial charge in [-0.3, -0.25) is 0 Å². The van der Waals surface area contributed by atoms with Gasteiger partial charge in [0.2, 0.25) is 0 Å². The molecule has 0 aliphatic heterocycles. The third-order valence-electron chi connectivity index (χ3n) is 1.46. The molecule has 0 aromatic heterocycles. The number of alkyl halides is 3. The zero-order valence-corrected chi connectivity index (χ0v) is 6.56. The Hall–Kier alpha value is -0.840. The van der Waals surface area contributed by atoms with Crippen molar-refractivity contribution in [3.05, 3.63) is 11.6 Å². The monoisotopic (exact) mass is 181 g/mol. The van der Waals surface area contributed by atoms with Gasteiger partial charge in [0.05, 0.1) is 5.92 Å². The molecule has 0 saturated carbocycles. The normalized spacial score (nSPS) is 15.9. The van der Waals surface area contributed by atoms with Crippen LogP contribution in [0.2, 0.25) is 0 Å². The molecular formula is C7H10F3NO. The van der Waals surface area contributed by atoms with Crippen molar-refractivity contribution >= 4 is 6.29 Å². The first-order chi connectivity index (χ1) is 5.47. The zero-order chi connectivity index (χ0) is 9.78. The van der Waals surface area contributed by atoms with Crippen molar-refractivity contribution in [2.45, 2.75) is 13.1 Å². The number of allylic oxidation sites excluding steroid dienone is 1. The number of hydrogen-bond donors (Lipinski definition) is 1. The van der Waals surface area contributed by atoms with Crippen LogP contribution in [0.3, 0.4) is 0 Å². The molecule has 0 amide bonds. The Kier molecular flexibility index (Phi) is 3.95. The second-order valence-electron chi connectivity index (χ2n) is 2.22. The van der Waals surface area contributed by atoms with Crippen LogP contribution in [0.25, 0.3) is 0 Å². The maximum Gasteiger partial charge on any atom is 0.413 e. The highest BCUT2D eigenvalue weighted by atomic mass is 19.4. The molecule has 70 valence electrons. The van der Waals surface area contributed by atoms with Gasteiger partial charge in [-0.05, 0) is 6.92 Å². The van der Waals surface area contributed by atoms with Gasteiger partial charge in [-0.1, -0.05) is 6.08 Å². The molecule has 0 aromatic rings. The highest BCUT2D eigenvalue weighted by Crippen LogP contribution is 2.29. The molecule has 2 nitrogen and oxygen atoms in total. The van der Waals surface area contributed by atoms with Crippen LogP contribution in [-0.4, -0.2) is 19.0 Å². The van der Waals surface area contributed by atoms with Gasteiger partial charge in [-0.2, -0.15) is 13.2 Å². The van der Waals surface area contributed by atoms with Gasteiger partial charge < -0.3 is 10.5 Å². The highest BCUT2D eigenvalue weighted by molar-refractivity contribution is 5.59. The van der Waals surface area contributed by atoms with Crippen molar-refractivity contribution in [1.82, 2.24) is 0 Å². The topological polar surface area (TPSA) is 43.1 Å². The Morgan fingerprint density at radius 3 is 2.17 bits per heavy atom. The summed E-state index contributed by atoms with van der Waals surface area (Å²) in [4.78, 5) is 10.2. The third kappa shape index (κ3) is 2.65. The van der Waals surface area contributed by atoms with Crippen LogP contribution in [-0.2, 0) is 4.79 Å². The van der Waals surface area contributed by atoms with Crippen LogP contribution in [0.15, 0.2) is 11.6 Å². The summed E-state index contributed by atoms with van der Waals surface area (Å²) in [5.41, 5.74) is 4.11. The number of halogens is 3. The van der Waals surface area contributed by atoms with E-state index in [0.717, 1.165) is 6.08 Å². The van der Waals surface area contributed by atoms with E-state index < -0.39 is 17.7 Å². The van der Waals surface area contributed by atoms with E-state index in [4.69, 9.17) is 5.73 Å². The second-order valence-corrected chi connectivity index (χ2v) is 2.22. The predicted octanol–water partition coefficient (Wildman–Crippen LogP) is 1.27. The van der Waals surface area contributed by atoms with Gasteiger partial charge >= 0.3 is 6.18 Å². The molecule has 0 aromatic carbocycles. The SMILES string of the molecule is C/C=C(\C(C=O)CN)C(F)(F)F. The van der Waals surface area contributed by atoms with Gasteiger partial charge in [-0.15, -0.1) is 0 Å². The number of aldehydes is 1. The fraction of sp³-hybridized carbons (Fsp3) is 0.571. The van der Waals surface area contributed by atoms with Gasteiger partial charge in [0.15, 0.2) is 0 Å². The van der Waals surface area contributed by atoms with Crippen LogP contribution in [0, 0.1) is 5.92 Å². The molecule has 0 rings (SSSR count). The standard InChI is InChI=1S/C7H10F3NO/c1-2-6(7(8,9)10)5(3-11)4-12/h2,4-5H,3,11H2,1H3/b6-2+. The molecule has 0 radical (unpaired) electrons. The van der Waals surface area contributed by atoms with Gasteiger partial charge in [0, 0.05) is 12.1 Å². The molecular weight excluding hydrogens is 171 g/mol. The summed E-state index contributed by atoms with van der Waals surface area (Å²) < 4.78 is 36.2. The van der Waals surface area contributed by atoms with Crippen LogP contribution in [0.4, 0.5) is 13.2 Å². The van der Waals surface area contributed by atoms with E-state index >= 15 is 0 Å². The lowest BCUT2D eigenvalue weighted by Gasteiger charge is -2.15. The number of carbonyl (C=O) groups excluding carboxylic acids is 1. The first kappa shape index (κ1) is 11.2. The van der Waals surface area contributed by atoms with Crippen molar-refractivity contribution in [2.75, 3.05) is 6.54 Å². The van der Waals surface area contributed by atoms with Crippen molar-refractivity contribution < 1.29 is 18.0 Å². The summed E-state index contributed by atoms with van der Waals surface area (Å²) in [5, 5.41) is 0. The number of nitrogens with two attached hydrogens (primary N) is 1. The summed E-state index contributed by atoms with van der Waals surface area (Å²) in [7, 11) is 0. The maximum absolute atomic E-state index is 12.1. The predicted molar refractivity (Wildman–Crippen MR) is 38.4 cm³/mol. The van der Waals surface area contributed by atoms with Gasteiger partial charge in [0.25, 0.3) is 0 Å². The molecule has 0 fully saturated rings. The minimum absolute atomic E-state index is 0.211. The Morgan fingerprint density at radius 2 is 2.08 bits per heavy atom. The second kappa shape index (κ2) is 4.25. The average molecular weight is 181 g/mol. The minimum atomic E-state index is -4.46. The smallest absolute Gasteiger partial charge is 0.329 e. The van der Waals surface area contributed by atoms with E-state index in [1.54, 1.807) is 0 Å². The van der Waals surface area contributed by atoms with Crippen LogP contribution < -0.4 is 5.73 Å². The molecule has 12 heavy (non-hydrogen) atoms. The molecule has 2 N–H and O–H groups in total. The quantitative estimate of drug-likeness (QED) is 0.526. The van der Waals surface area contributed by atoms with E-state index in [9.17, 15) is 18.0 Å². The Bertz CT molecular complexity index is 186. The molecule has 0 heterocycles. The third-order valence-corrected chi connectivity index (χ3v) is 1.46. The summed E-state index contributed by atoms with van der Waals surface area (Å²) >= 11 is 0. The molecule has 5 heteroatoms. The van der Waals surface area contributed by atoms with E-state index in [1.165, 1.54) is 6.92 Å². The molecule has 1 atom stereocenters. The fourth-order valence-corrected chi connectivity index (χ4v) is 0.844. The lowest BCUT2D eigenvalue weighted by molar-refractivity contribution is -0.118. The zero-order valence-electron chi connectivity index (χ0n) is 6.56. The van der Waals surface area contributed by atoms with Crippen LogP contribution in [0.5, 0.6) is 0 Å². The average Bonchev–Trinajstić information content (AvgIpc) is 1.97. The largest absolute Gasteiger partial charge is 0.413 e. The van der Waals surface area contributed by atoms with E-state index in [2.05, 4.69) is 0 Å². The summed E-state index contributed by atoms with van der Waals surface area (Å²) in [6.07, 6.45) is -3.38. The minimum Gasteiger partial charge on any atom is -0.329 e. The molecule has 0 aliphatic carbocycles. The molecule has 1 unspecified atom stereocenters. The first-order valence-electron chi connectivity index (χ1n) is 3.36. The molecule has 0 aliphatic rings. The molecule has 0 saturated heterocycles.